The van der Waals surface area contributed by atoms with Gasteiger partial charge in [-0.15, -0.1) is 11.3 Å². The van der Waals surface area contributed by atoms with E-state index in [4.69, 9.17) is 28.0 Å². The summed E-state index contributed by atoms with van der Waals surface area (Å²) < 4.78 is 0.659. The molecule has 1 aromatic heterocycles. The number of hydrogen-bond donors (Lipinski definition) is 2. The molecule has 0 unspecified atom stereocenters. The van der Waals surface area contributed by atoms with Gasteiger partial charge in [-0.05, 0) is 30.3 Å². The zero-order chi connectivity index (χ0) is 19.7. The van der Waals surface area contributed by atoms with Gasteiger partial charge >= 0.3 is 0 Å². The minimum atomic E-state index is -0.708. The molecule has 0 saturated carbocycles. The zero-order valence-electron chi connectivity index (χ0n) is 14.6. The smallest absolute Gasteiger partial charge is 0.268 e. The molecule has 7 nitrogen and oxygen atoms in total. The fourth-order valence-electron chi connectivity index (χ4n) is 3.04. The number of nitrogens with one attached hydrogen (secondary N) is 2. The van der Waals surface area contributed by atoms with Gasteiger partial charge in [0, 0.05) is 25.2 Å². The van der Waals surface area contributed by atoms with Gasteiger partial charge in [-0.2, -0.15) is 0 Å². The number of benzene rings is 1. The molecule has 1 aromatic carbocycles. The Bertz CT molecular complexity index is 962. The van der Waals surface area contributed by atoms with E-state index in [-0.39, 0.29) is 18.4 Å². The second-order valence-corrected chi connectivity index (χ2v) is 8.49. The molecule has 4 rings (SSSR count). The van der Waals surface area contributed by atoms with Crippen LogP contribution in [0.5, 0.6) is 0 Å². The molecule has 2 aromatic rings. The van der Waals surface area contributed by atoms with Crippen LogP contribution in [0.3, 0.4) is 0 Å². The number of thiophene rings is 1. The Labute approximate surface area is 175 Å². The Balaban J connectivity index is 1.38. The van der Waals surface area contributed by atoms with Gasteiger partial charge in [-0.3, -0.25) is 9.59 Å². The van der Waals surface area contributed by atoms with Crippen LogP contribution in [0.2, 0.25) is 9.36 Å². The van der Waals surface area contributed by atoms with E-state index in [2.05, 4.69) is 15.8 Å². The van der Waals surface area contributed by atoms with E-state index >= 15 is 0 Å². The first-order chi connectivity index (χ1) is 13.5. The zero-order valence-corrected chi connectivity index (χ0v) is 16.9. The molecular formula is C18H16Cl2N4O3S. The molecule has 146 valence electrons. The van der Waals surface area contributed by atoms with Gasteiger partial charge in [-0.25, -0.2) is 0 Å². The third-order valence-corrected chi connectivity index (χ3v) is 6.00. The number of carbonyl (C=O) groups excluding carboxylic acids is 2. The summed E-state index contributed by atoms with van der Waals surface area (Å²) >= 11 is 13.7. The van der Waals surface area contributed by atoms with Crippen molar-refractivity contribution in [2.75, 3.05) is 29.9 Å². The quantitative estimate of drug-likeness (QED) is 0.767. The highest BCUT2D eigenvalue weighted by Gasteiger charge is 2.30. The first kappa shape index (κ1) is 19.0. The minimum absolute atomic E-state index is 0.0408. The van der Waals surface area contributed by atoms with Crippen LogP contribution in [0, 0.1) is 0 Å². The molecule has 2 N–H and O–H groups in total. The maximum atomic E-state index is 12.5. The van der Waals surface area contributed by atoms with Crippen LogP contribution in [0.15, 0.2) is 35.5 Å². The monoisotopic (exact) mass is 438 g/mol. The van der Waals surface area contributed by atoms with Gasteiger partial charge in [0.25, 0.3) is 5.91 Å². The van der Waals surface area contributed by atoms with Gasteiger partial charge in [0.05, 0.1) is 26.5 Å². The van der Waals surface area contributed by atoms with Gasteiger partial charge in [0.2, 0.25) is 12.0 Å². The van der Waals surface area contributed by atoms with E-state index in [1.807, 2.05) is 11.0 Å². The van der Waals surface area contributed by atoms with Crippen molar-refractivity contribution >= 4 is 63.4 Å². The van der Waals surface area contributed by atoms with Crippen LogP contribution in [0.1, 0.15) is 11.3 Å². The van der Waals surface area contributed by atoms with Crippen LogP contribution in [0.25, 0.3) is 0 Å². The van der Waals surface area contributed by atoms with Crippen LogP contribution >= 0.6 is 34.5 Å². The summed E-state index contributed by atoms with van der Waals surface area (Å²) in [4.78, 5) is 32.1. The average molecular weight is 439 g/mol. The standard InChI is InChI=1S/C18H16Cl2N4O3S/c19-11-7-10(1-2-13(11)24-6-5-21-17(25)9-24)22-18(26)14-8-12(23-27-14)15-3-4-16(20)28-15/h1-4,7,14H,5-6,8-9H2,(H,21,25)(H,22,26)/t14-/m1/s1. The maximum absolute atomic E-state index is 12.5. The predicted octanol–water partition coefficient (Wildman–Crippen LogP) is 3.12. The molecule has 2 amide bonds. The lowest BCUT2D eigenvalue weighted by Crippen LogP contribution is -2.47. The number of halogens is 2. The summed E-state index contributed by atoms with van der Waals surface area (Å²) in [6.45, 7) is 1.51. The lowest BCUT2D eigenvalue weighted by Gasteiger charge is -2.29. The molecule has 10 heteroatoms. The number of nitrogens with zero attached hydrogens (tertiary/aromatic N) is 2. The van der Waals surface area contributed by atoms with Crippen molar-refractivity contribution in [2.24, 2.45) is 5.16 Å². The Morgan fingerprint density at radius 3 is 2.89 bits per heavy atom. The van der Waals surface area contributed by atoms with Crippen LogP contribution in [-0.2, 0) is 14.4 Å². The fourth-order valence-corrected chi connectivity index (χ4v) is 4.37. The van der Waals surface area contributed by atoms with Gasteiger partial charge < -0.3 is 20.4 Å². The molecule has 2 aliphatic heterocycles. The SMILES string of the molecule is O=C1CN(c2ccc(NC(=O)[C@H]3CC(c4ccc(Cl)s4)=NO3)cc2Cl)CCN1. The van der Waals surface area contributed by atoms with Crippen LogP contribution in [0.4, 0.5) is 11.4 Å². The second kappa shape index (κ2) is 7.98. The predicted molar refractivity (Wildman–Crippen MR) is 111 cm³/mol. The largest absolute Gasteiger partial charge is 0.382 e. The van der Waals surface area contributed by atoms with Gasteiger partial charge in [0.15, 0.2) is 0 Å². The molecule has 0 bridgehead atoms. The third-order valence-electron chi connectivity index (χ3n) is 4.41. The Hall–Kier alpha value is -2.29. The van der Waals surface area contributed by atoms with Crippen molar-refractivity contribution in [1.82, 2.24) is 5.32 Å². The number of anilines is 2. The Morgan fingerprint density at radius 1 is 1.32 bits per heavy atom. The van der Waals surface area contributed by atoms with E-state index in [0.717, 1.165) is 10.6 Å². The normalized spacial score (nSPS) is 19.1. The van der Waals surface area contributed by atoms with Crippen LogP contribution in [-0.4, -0.2) is 43.3 Å². The van der Waals surface area contributed by atoms with Gasteiger partial charge in [0.1, 0.15) is 5.71 Å². The summed E-state index contributed by atoms with van der Waals surface area (Å²) in [7, 11) is 0. The van der Waals surface area contributed by atoms with Crippen molar-refractivity contribution < 1.29 is 14.4 Å². The third kappa shape index (κ3) is 4.09. The number of piperazine rings is 1. The summed E-state index contributed by atoms with van der Waals surface area (Å²) in [5, 5.41) is 10.0. The number of amides is 2. The highest BCUT2D eigenvalue weighted by atomic mass is 35.5. The first-order valence-electron chi connectivity index (χ1n) is 8.60. The number of carbonyl (C=O) groups is 2. The van der Waals surface area contributed by atoms with E-state index in [1.165, 1.54) is 11.3 Å². The van der Waals surface area contributed by atoms with Crippen molar-refractivity contribution in [3.8, 4) is 0 Å². The van der Waals surface area contributed by atoms with Crippen molar-refractivity contribution in [3.63, 3.8) is 0 Å². The van der Waals surface area contributed by atoms with Crippen molar-refractivity contribution in [2.45, 2.75) is 12.5 Å². The number of rotatable bonds is 4. The maximum Gasteiger partial charge on any atom is 0.268 e. The fraction of sp³-hybridized carbons (Fsp3) is 0.278. The lowest BCUT2D eigenvalue weighted by molar-refractivity contribution is -0.125. The molecule has 1 saturated heterocycles. The summed E-state index contributed by atoms with van der Waals surface area (Å²) in [5.74, 6) is -0.344. The molecule has 1 fully saturated rings. The average Bonchev–Trinajstić information content (AvgIpc) is 3.31. The summed E-state index contributed by atoms with van der Waals surface area (Å²) in [5.41, 5.74) is 2.01. The molecule has 0 radical (unpaired) electrons. The highest BCUT2D eigenvalue weighted by molar-refractivity contribution is 7.18. The Morgan fingerprint density at radius 2 is 2.18 bits per heavy atom. The second-order valence-electron chi connectivity index (χ2n) is 6.37. The first-order valence-corrected chi connectivity index (χ1v) is 10.2. The van der Waals surface area contributed by atoms with E-state index in [9.17, 15) is 9.59 Å². The van der Waals surface area contributed by atoms with Crippen LogP contribution < -0.4 is 15.5 Å². The molecule has 2 aliphatic rings. The summed E-state index contributed by atoms with van der Waals surface area (Å²) in [6.07, 6.45) is -0.336. The van der Waals surface area contributed by atoms with Gasteiger partial charge in [-0.1, -0.05) is 28.4 Å². The van der Waals surface area contributed by atoms with E-state index < -0.39 is 6.10 Å². The van der Waals surface area contributed by atoms with Crippen molar-refractivity contribution in [1.29, 1.82) is 0 Å². The van der Waals surface area contributed by atoms with E-state index in [0.29, 0.717) is 40.3 Å². The highest BCUT2D eigenvalue weighted by Crippen LogP contribution is 2.30. The Kier molecular flexibility index (Phi) is 5.43. The minimum Gasteiger partial charge on any atom is -0.382 e. The topological polar surface area (TPSA) is 83.0 Å². The van der Waals surface area contributed by atoms with Crippen molar-refractivity contribution in [3.05, 3.63) is 44.6 Å². The molecule has 28 heavy (non-hydrogen) atoms. The molecule has 0 aliphatic carbocycles. The molecule has 1 atom stereocenters. The molecule has 0 spiro atoms. The molecule has 3 heterocycles. The summed E-state index contributed by atoms with van der Waals surface area (Å²) in [6, 6.07) is 8.85. The van der Waals surface area contributed by atoms with E-state index in [1.54, 1.807) is 24.3 Å². The number of hydrogen-bond acceptors (Lipinski definition) is 6. The molecular weight excluding hydrogens is 423 g/mol. The lowest BCUT2D eigenvalue weighted by atomic mass is 10.1. The number of oxime groups is 1.